The van der Waals surface area contributed by atoms with Crippen LogP contribution in [0.1, 0.15) is 5.56 Å². The molecule has 3 rings (SSSR count). The Kier molecular flexibility index (Phi) is 5.30. The molecule has 0 atom stereocenters. The Morgan fingerprint density at radius 3 is 2.55 bits per heavy atom. The fourth-order valence-corrected chi connectivity index (χ4v) is 3.46. The maximum absolute atomic E-state index is 11.5. The molecule has 0 unspecified atom stereocenters. The lowest BCUT2D eigenvalue weighted by Crippen LogP contribution is -2.09. The number of methoxy groups -OCH3 is 1. The Bertz CT molecular complexity index is 1230. The van der Waals surface area contributed by atoms with Crippen molar-refractivity contribution in [3.63, 3.8) is 0 Å². The van der Waals surface area contributed by atoms with Crippen LogP contribution in [0.2, 0.25) is 0 Å². The summed E-state index contributed by atoms with van der Waals surface area (Å²) in [5.41, 5.74) is 8.22. The highest BCUT2D eigenvalue weighted by molar-refractivity contribution is 7.92. The molecule has 0 radical (unpaired) electrons. The molecule has 0 fully saturated rings. The van der Waals surface area contributed by atoms with Crippen molar-refractivity contribution in [1.29, 1.82) is 5.26 Å². The molecule has 4 N–H and O–H groups in total. The fourth-order valence-electron chi connectivity index (χ4n) is 2.90. The van der Waals surface area contributed by atoms with Gasteiger partial charge in [0.25, 0.3) is 0 Å². The van der Waals surface area contributed by atoms with Gasteiger partial charge in [-0.25, -0.2) is 13.4 Å². The van der Waals surface area contributed by atoms with Gasteiger partial charge in [0.15, 0.2) is 11.5 Å². The van der Waals surface area contributed by atoms with Crippen LogP contribution in [0.25, 0.3) is 22.4 Å². The first kappa shape index (κ1) is 20.0. The van der Waals surface area contributed by atoms with Gasteiger partial charge in [0.2, 0.25) is 10.0 Å². The van der Waals surface area contributed by atoms with Gasteiger partial charge in [0, 0.05) is 22.4 Å². The quantitative estimate of drug-likeness (QED) is 0.588. The second-order valence-electron chi connectivity index (χ2n) is 6.24. The Morgan fingerprint density at radius 1 is 1.17 bits per heavy atom. The van der Waals surface area contributed by atoms with Gasteiger partial charge >= 0.3 is 0 Å². The maximum atomic E-state index is 11.5. The number of phenols is 1. The molecule has 1 heterocycles. The van der Waals surface area contributed by atoms with E-state index >= 15 is 0 Å². The van der Waals surface area contributed by atoms with Crippen LogP contribution in [-0.4, -0.2) is 31.9 Å². The molecule has 0 bridgehead atoms. The minimum absolute atomic E-state index is 0.0105. The number of hydrogen-bond donors (Lipinski definition) is 3. The van der Waals surface area contributed by atoms with Gasteiger partial charge < -0.3 is 15.6 Å². The molecule has 148 valence electrons. The minimum atomic E-state index is -3.44. The van der Waals surface area contributed by atoms with E-state index in [-0.39, 0.29) is 22.9 Å². The monoisotopic (exact) mass is 410 g/mol. The number of nitrogens with zero attached hydrogens (tertiary/aromatic N) is 2. The van der Waals surface area contributed by atoms with E-state index in [1.165, 1.54) is 7.11 Å². The molecule has 0 aliphatic carbocycles. The van der Waals surface area contributed by atoms with Crippen molar-refractivity contribution in [3.8, 4) is 40.0 Å². The molecule has 2 aromatic carbocycles. The van der Waals surface area contributed by atoms with E-state index in [1.807, 2.05) is 6.07 Å². The summed E-state index contributed by atoms with van der Waals surface area (Å²) < 4.78 is 30.5. The molecule has 8 nitrogen and oxygen atoms in total. The number of nitrogens with two attached hydrogens (primary N) is 1. The Balaban J connectivity index is 2.20. The van der Waals surface area contributed by atoms with Crippen LogP contribution in [0, 0.1) is 11.3 Å². The molecular weight excluding hydrogens is 392 g/mol. The highest BCUT2D eigenvalue weighted by atomic mass is 32.2. The summed E-state index contributed by atoms with van der Waals surface area (Å²) in [4.78, 5) is 4.28. The summed E-state index contributed by atoms with van der Waals surface area (Å²) in [5, 5.41) is 20.1. The van der Waals surface area contributed by atoms with Gasteiger partial charge in [-0.1, -0.05) is 24.3 Å². The van der Waals surface area contributed by atoms with Crippen molar-refractivity contribution >= 4 is 21.5 Å². The lowest BCUT2D eigenvalue weighted by molar-refractivity contribution is 0.374. The number of aromatic hydroxyl groups is 1. The van der Waals surface area contributed by atoms with Gasteiger partial charge in [-0.05, 0) is 24.3 Å². The number of nitrogen functional groups attached to an aromatic ring is 1. The molecular formula is C20H18N4O4S. The van der Waals surface area contributed by atoms with E-state index in [0.717, 1.165) is 6.26 Å². The van der Waals surface area contributed by atoms with Crippen molar-refractivity contribution < 1.29 is 18.3 Å². The zero-order valence-electron chi connectivity index (χ0n) is 15.7. The van der Waals surface area contributed by atoms with E-state index in [2.05, 4.69) is 9.71 Å². The lowest BCUT2D eigenvalue weighted by Gasteiger charge is -2.13. The van der Waals surface area contributed by atoms with E-state index in [0.29, 0.717) is 28.1 Å². The Labute approximate surface area is 168 Å². The van der Waals surface area contributed by atoms with Crippen molar-refractivity contribution in [2.24, 2.45) is 0 Å². The molecule has 9 heteroatoms. The Hall–Kier alpha value is -3.77. The number of aromatic nitrogens is 1. The zero-order valence-corrected chi connectivity index (χ0v) is 16.5. The van der Waals surface area contributed by atoms with Crippen molar-refractivity contribution in [3.05, 3.63) is 54.1 Å². The predicted octanol–water partition coefficient (Wildman–Crippen LogP) is 2.96. The fraction of sp³-hybridized carbons (Fsp3) is 0.100. The highest BCUT2D eigenvalue weighted by Crippen LogP contribution is 2.40. The first-order valence-electron chi connectivity index (χ1n) is 8.38. The third-order valence-electron chi connectivity index (χ3n) is 4.13. The number of para-hydroxylation sites is 1. The number of hydrogen-bond acceptors (Lipinski definition) is 7. The number of anilines is 2. The van der Waals surface area contributed by atoms with Crippen molar-refractivity contribution in [1.82, 2.24) is 4.98 Å². The summed E-state index contributed by atoms with van der Waals surface area (Å²) in [6, 6.07) is 15.2. The number of ether oxygens (including phenoxy) is 1. The van der Waals surface area contributed by atoms with Gasteiger partial charge in [-0.3, -0.25) is 4.72 Å². The number of nitriles is 1. The van der Waals surface area contributed by atoms with Gasteiger partial charge in [-0.15, -0.1) is 0 Å². The van der Waals surface area contributed by atoms with Crippen LogP contribution in [0.5, 0.6) is 11.5 Å². The first-order chi connectivity index (χ1) is 13.7. The van der Waals surface area contributed by atoms with Crippen LogP contribution < -0.4 is 15.2 Å². The molecule has 29 heavy (non-hydrogen) atoms. The smallest absolute Gasteiger partial charge is 0.229 e. The number of rotatable bonds is 5. The topological polar surface area (TPSA) is 138 Å². The summed E-state index contributed by atoms with van der Waals surface area (Å²) in [6.45, 7) is 0. The zero-order chi connectivity index (χ0) is 21.2. The Morgan fingerprint density at radius 2 is 1.90 bits per heavy atom. The van der Waals surface area contributed by atoms with Crippen LogP contribution in [0.4, 0.5) is 11.5 Å². The molecule has 0 saturated carbocycles. The highest BCUT2D eigenvalue weighted by Gasteiger charge is 2.18. The third kappa shape index (κ3) is 4.23. The number of sulfonamides is 1. The largest absolute Gasteiger partial charge is 0.504 e. The summed E-state index contributed by atoms with van der Waals surface area (Å²) in [7, 11) is -2.02. The van der Waals surface area contributed by atoms with Gasteiger partial charge in [0.05, 0.1) is 19.1 Å². The standard InChI is InChI=1S/C20H18N4O4S/c1-28-18-8-4-7-14(19(18)25)15-10-17(23-20(22)16(15)11-21)12-5-3-6-13(9-12)24-29(2,26)27/h3-10,24-25H,1-2H3,(H2,22,23). The van der Waals surface area contributed by atoms with Crippen LogP contribution >= 0.6 is 0 Å². The number of benzene rings is 2. The first-order valence-corrected chi connectivity index (χ1v) is 10.3. The van der Waals surface area contributed by atoms with Crippen molar-refractivity contribution in [2.75, 3.05) is 23.8 Å². The molecule has 0 aliphatic heterocycles. The maximum Gasteiger partial charge on any atom is 0.229 e. The molecule has 0 spiro atoms. The molecule has 0 saturated heterocycles. The SMILES string of the molecule is COc1cccc(-c2cc(-c3cccc(NS(C)(=O)=O)c3)nc(N)c2C#N)c1O. The third-order valence-corrected chi connectivity index (χ3v) is 4.74. The second-order valence-corrected chi connectivity index (χ2v) is 7.99. The van der Waals surface area contributed by atoms with E-state index < -0.39 is 10.0 Å². The molecule has 3 aromatic rings. The summed E-state index contributed by atoms with van der Waals surface area (Å²) >= 11 is 0. The average molecular weight is 410 g/mol. The summed E-state index contributed by atoms with van der Waals surface area (Å²) in [6.07, 6.45) is 1.06. The van der Waals surface area contributed by atoms with Gasteiger partial charge in [0.1, 0.15) is 17.5 Å². The van der Waals surface area contributed by atoms with E-state index in [9.17, 15) is 18.8 Å². The lowest BCUT2D eigenvalue weighted by atomic mass is 9.97. The van der Waals surface area contributed by atoms with Crippen LogP contribution in [0.3, 0.4) is 0 Å². The second kappa shape index (κ2) is 7.69. The minimum Gasteiger partial charge on any atom is -0.504 e. The number of nitrogens with one attached hydrogen (secondary N) is 1. The average Bonchev–Trinajstić information content (AvgIpc) is 2.66. The normalized spacial score (nSPS) is 10.9. The van der Waals surface area contributed by atoms with Crippen LogP contribution in [-0.2, 0) is 10.0 Å². The molecule has 1 aromatic heterocycles. The van der Waals surface area contributed by atoms with Crippen molar-refractivity contribution in [2.45, 2.75) is 0 Å². The summed E-state index contributed by atoms with van der Waals surface area (Å²) in [5.74, 6) is 0.113. The van der Waals surface area contributed by atoms with Gasteiger partial charge in [-0.2, -0.15) is 5.26 Å². The number of pyridine rings is 1. The van der Waals surface area contributed by atoms with E-state index in [1.54, 1.807) is 48.5 Å². The van der Waals surface area contributed by atoms with Crippen LogP contribution in [0.15, 0.2) is 48.5 Å². The molecule has 0 amide bonds. The molecule has 0 aliphatic rings. The predicted molar refractivity (Wildman–Crippen MR) is 111 cm³/mol. The van der Waals surface area contributed by atoms with E-state index in [4.69, 9.17) is 10.5 Å². The number of phenolic OH excluding ortho intramolecular Hbond substituents is 1.